The molecule has 2 rings (SSSR count). The molecule has 1 aromatic heterocycles. The summed E-state index contributed by atoms with van der Waals surface area (Å²) in [4.78, 5) is 31.8. The Morgan fingerprint density at radius 1 is 1.08 bits per heavy atom. The van der Waals surface area contributed by atoms with Gasteiger partial charge in [-0.05, 0) is 24.5 Å². The van der Waals surface area contributed by atoms with Crippen LogP contribution in [0.1, 0.15) is 37.0 Å². The Labute approximate surface area is 154 Å². The number of carbonyl (C=O) groups excluding carboxylic acids is 2. The zero-order chi connectivity index (χ0) is 19.1. The first-order valence-electron chi connectivity index (χ1n) is 8.74. The molecule has 140 valence electrons. The van der Waals surface area contributed by atoms with Gasteiger partial charge in [0.2, 0.25) is 18.1 Å². The van der Waals surface area contributed by atoms with Crippen LogP contribution in [0.3, 0.4) is 0 Å². The summed E-state index contributed by atoms with van der Waals surface area (Å²) in [5.41, 5.74) is 1.40. The lowest BCUT2D eigenvalue weighted by atomic mass is 10.1. The van der Waals surface area contributed by atoms with Crippen LogP contribution < -0.4 is 0 Å². The van der Waals surface area contributed by atoms with Gasteiger partial charge < -0.3 is 14.3 Å². The van der Waals surface area contributed by atoms with E-state index in [1.54, 1.807) is 41.1 Å². The minimum Gasteiger partial charge on any atom is -0.346 e. The third-order valence-corrected chi connectivity index (χ3v) is 4.09. The van der Waals surface area contributed by atoms with Crippen molar-refractivity contribution in [3.05, 3.63) is 36.2 Å². The van der Waals surface area contributed by atoms with Crippen LogP contribution in [-0.2, 0) is 4.79 Å². The van der Waals surface area contributed by atoms with Gasteiger partial charge in [-0.1, -0.05) is 31.1 Å². The van der Waals surface area contributed by atoms with E-state index in [0.29, 0.717) is 36.8 Å². The number of rotatable bonds is 8. The SMILES string of the molecule is CC(C)CC(=O)N(C)CCCN(C)C(=O)c1ccc(-c2ncon2)cc1. The summed E-state index contributed by atoms with van der Waals surface area (Å²) < 4.78 is 4.72. The van der Waals surface area contributed by atoms with Crippen molar-refractivity contribution in [2.45, 2.75) is 26.7 Å². The summed E-state index contributed by atoms with van der Waals surface area (Å²) in [5, 5.41) is 3.77. The maximum Gasteiger partial charge on any atom is 0.253 e. The van der Waals surface area contributed by atoms with Gasteiger partial charge in [-0.15, -0.1) is 0 Å². The second-order valence-corrected chi connectivity index (χ2v) is 6.83. The van der Waals surface area contributed by atoms with Gasteiger partial charge in [-0.2, -0.15) is 4.98 Å². The first-order valence-corrected chi connectivity index (χ1v) is 8.74. The van der Waals surface area contributed by atoms with Gasteiger partial charge in [0, 0.05) is 44.7 Å². The lowest BCUT2D eigenvalue weighted by molar-refractivity contribution is -0.130. The lowest BCUT2D eigenvalue weighted by Crippen LogP contribution is -2.33. The molecule has 0 aliphatic rings. The quantitative estimate of drug-likeness (QED) is 0.725. The molecule has 7 nitrogen and oxygen atoms in total. The molecule has 2 aromatic rings. The number of benzene rings is 1. The number of nitrogens with zero attached hydrogens (tertiary/aromatic N) is 4. The molecule has 0 atom stereocenters. The Hall–Kier alpha value is -2.70. The van der Waals surface area contributed by atoms with Crippen LogP contribution in [-0.4, -0.2) is 58.9 Å². The van der Waals surface area contributed by atoms with Crippen molar-refractivity contribution in [2.24, 2.45) is 5.92 Å². The van der Waals surface area contributed by atoms with Crippen molar-refractivity contribution in [2.75, 3.05) is 27.2 Å². The molecule has 0 aliphatic carbocycles. The van der Waals surface area contributed by atoms with Gasteiger partial charge in [0.1, 0.15) is 0 Å². The molecule has 0 bridgehead atoms. The van der Waals surface area contributed by atoms with Gasteiger partial charge in [-0.25, -0.2) is 0 Å². The van der Waals surface area contributed by atoms with Crippen molar-refractivity contribution < 1.29 is 14.1 Å². The predicted octanol–water partition coefficient (Wildman–Crippen LogP) is 2.70. The topological polar surface area (TPSA) is 79.5 Å². The van der Waals surface area contributed by atoms with Crippen LogP contribution in [0.4, 0.5) is 0 Å². The maximum absolute atomic E-state index is 12.5. The zero-order valence-corrected chi connectivity index (χ0v) is 15.8. The van der Waals surface area contributed by atoms with E-state index in [1.807, 2.05) is 20.9 Å². The van der Waals surface area contributed by atoms with E-state index in [1.165, 1.54) is 6.39 Å². The Balaban J connectivity index is 1.83. The van der Waals surface area contributed by atoms with E-state index in [2.05, 4.69) is 10.1 Å². The molecule has 0 unspecified atom stereocenters. The Morgan fingerprint density at radius 3 is 2.31 bits per heavy atom. The summed E-state index contributed by atoms with van der Waals surface area (Å²) in [6.07, 6.45) is 2.56. The predicted molar refractivity (Wildman–Crippen MR) is 98.4 cm³/mol. The fourth-order valence-electron chi connectivity index (χ4n) is 2.56. The minimum absolute atomic E-state index is 0.0548. The molecule has 2 amide bonds. The summed E-state index contributed by atoms with van der Waals surface area (Å²) in [7, 11) is 3.58. The van der Waals surface area contributed by atoms with Crippen molar-refractivity contribution >= 4 is 11.8 Å². The highest BCUT2D eigenvalue weighted by molar-refractivity contribution is 5.94. The van der Waals surface area contributed by atoms with Gasteiger partial charge in [-0.3, -0.25) is 9.59 Å². The average Bonchev–Trinajstić information content (AvgIpc) is 3.15. The summed E-state index contributed by atoms with van der Waals surface area (Å²) in [6.45, 7) is 5.29. The van der Waals surface area contributed by atoms with E-state index in [-0.39, 0.29) is 11.8 Å². The molecule has 1 heterocycles. The fourth-order valence-corrected chi connectivity index (χ4v) is 2.56. The number of aromatic nitrogens is 2. The number of carbonyl (C=O) groups is 2. The highest BCUT2D eigenvalue weighted by atomic mass is 16.5. The number of amides is 2. The molecule has 0 saturated heterocycles. The number of hydrogen-bond donors (Lipinski definition) is 0. The molecular formula is C19H26N4O3. The van der Waals surface area contributed by atoms with E-state index in [9.17, 15) is 9.59 Å². The molecule has 0 N–H and O–H groups in total. The number of hydrogen-bond acceptors (Lipinski definition) is 5. The van der Waals surface area contributed by atoms with Crippen molar-refractivity contribution in [3.63, 3.8) is 0 Å². The summed E-state index contributed by atoms with van der Waals surface area (Å²) >= 11 is 0. The van der Waals surface area contributed by atoms with E-state index < -0.39 is 0 Å². The largest absolute Gasteiger partial charge is 0.346 e. The molecule has 26 heavy (non-hydrogen) atoms. The molecule has 0 fully saturated rings. The van der Waals surface area contributed by atoms with Crippen molar-refractivity contribution in [3.8, 4) is 11.4 Å². The zero-order valence-electron chi connectivity index (χ0n) is 15.8. The standard InChI is InChI=1S/C19H26N4O3/c1-14(2)12-17(24)22(3)10-5-11-23(4)19(25)16-8-6-15(7-9-16)18-20-13-26-21-18/h6-9,13-14H,5,10-12H2,1-4H3. The monoisotopic (exact) mass is 358 g/mol. The molecular weight excluding hydrogens is 332 g/mol. The van der Waals surface area contributed by atoms with Crippen LogP contribution in [0.25, 0.3) is 11.4 Å². The van der Waals surface area contributed by atoms with Gasteiger partial charge in [0.05, 0.1) is 0 Å². The van der Waals surface area contributed by atoms with E-state index in [0.717, 1.165) is 12.0 Å². The normalized spacial score (nSPS) is 10.8. The van der Waals surface area contributed by atoms with Crippen LogP contribution in [0, 0.1) is 5.92 Å². The average molecular weight is 358 g/mol. The first-order chi connectivity index (χ1) is 12.4. The lowest BCUT2D eigenvalue weighted by Gasteiger charge is -2.21. The van der Waals surface area contributed by atoms with Gasteiger partial charge in [0.25, 0.3) is 5.91 Å². The Morgan fingerprint density at radius 2 is 1.73 bits per heavy atom. The van der Waals surface area contributed by atoms with Crippen LogP contribution in [0.5, 0.6) is 0 Å². The second kappa shape index (κ2) is 9.12. The molecule has 1 aromatic carbocycles. The second-order valence-electron chi connectivity index (χ2n) is 6.83. The molecule has 0 spiro atoms. The minimum atomic E-state index is -0.0548. The maximum atomic E-state index is 12.5. The Bertz CT molecular complexity index is 711. The third-order valence-electron chi connectivity index (χ3n) is 4.09. The molecule has 0 aliphatic heterocycles. The van der Waals surface area contributed by atoms with Crippen molar-refractivity contribution in [1.82, 2.24) is 19.9 Å². The molecule has 0 radical (unpaired) electrons. The van der Waals surface area contributed by atoms with Gasteiger partial charge >= 0.3 is 0 Å². The van der Waals surface area contributed by atoms with Gasteiger partial charge in [0.15, 0.2) is 0 Å². The van der Waals surface area contributed by atoms with Crippen molar-refractivity contribution in [1.29, 1.82) is 0 Å². The Kier molecular flexibility index (Phi) is 6.89. The highest BCUT2D eigenvalue weighted by Crippen LogP contribution is 2.16. The fraction of sp³-hybridized carbons (Fsp3) is 0.474. The third kappa shape index (κ3) is 5.40. The molecule has 0 saturated carbocycles. The molecule has 7 heteroatoms. The smallest absolute Gasteiger partial charge is 0.253 e. The van der Waals surface area contributed by atoms with Crippen LogP contribution in [0.15, 0.2) is 35.2 Å². The summed E-state index contributed by atoms with van der Waals surface area (Å²) in [5.74, 6) is 0.933. The highest BCUT2D eigenvalue weighted by Gasteiger charge is 2.14. The van der Waals surface area contributed by atoms with Crippen LogP contribution >= 0.6 is 0 Å². The van der Waals surface area contributed by atoms with E-state index >= 15 is 0 Å². The summed E-state index contributed by atoms with van der Waals surface area (Å²) in [6, 6.07) is 7.10. The first kappa shape index (κ1) is 19.6. The van der Waals surface area contributed by atoms with E-state index in [4.69, 9.17) is 4.52 Å². The van der Waals surface area contributed by atoms with Crippen LogP contribution in [0.2, 0.25) is 0 Å².